The van der Waals surface area contributed by atoms with Gasteiger partial charge >= 0.3 is 0 Å². The quantitative estimate of drug-likeness (QED) is 0.695. The lowest BCUT2D eigenvalue weighted by Crippen LogP contribution is -2.14. The van der Waals surface area contributed by atoms with Crippen LogP contribution in [0.5, 0.6) is 0 Å². The minimum absolute atomic E-state index is 0.227. The van der Waals surface area contributed by atoms with Crippen molar-refractivity contribution in [2.75, 3.05) is 5.84 Å². The summed E-state index contributed by atoms with van der Waals surface area (Å²) in [6.07, 6.45) is -2.74. The van der Waals surface area contributed by atoms with Gasteiger partial charge < -0.3 is 5.84 Å². The number of benzene rings is 1. The zero-order valence-corrected chi connectivity index (χ0v) is 10.6. The summed E-state index contributed by atoms with van der Waals surface area (Å²) >= 11 is 7.18. The maximum absolute atomic E-state index is 12.4. The Balaban J connectivity index is 2.09. The summed E-state index contributed by atoms with van der Waals surface area (Å²) in [4.78, 5) is 0. The molecule has 0 saturated carbocycles. The molecule has 0 amide bonds. The molecular weight excluding hydrogens is 282 g/mol. The van der Waals surface area contributed by atoms with Crippen LogP contribution in [0.2, 0.25) is 5.02 Å². The summed E-state index contributed by atoms with van der Waals surface area (Å²) in [6, 6.07) is 7.27. The highest BCUT2D eigenvalue weighted by atomic mass is 35.5. The topological polar surface area (TPSA) is 56.7 Å². The first-order valence-electron chi connectivity index (χ1n) is 4.94. The van der Waals surface area contributed by atoms with Crippen molar-refractivity contribution in [2.45, 2.75) is 17.3 Å². The molecule has 96 valence electrons. The minimum Gasteiger partial charge on any atom is -0.335 e. The van der Waals surface area contributed by atoms with Crippen molar-refractivity contribution in [3.05, 3.63) is 40.7 Å². The monoisotopic (exact) mass is 290 g/mol. The largest absolute Gasteiger partial charge is 0.335 e. The highest BCUT2D eigenvalue weighted by molar-refractivity contribution is 7.98. The average molecular weight is 291 g/mol. The molecule has 8 heteroatoms. The molecule has 0 aliphatic rings. The van der Waals surface area contributed by atoms with Crippen LogP contribution in [0.25, 0.3) is 0 Å². The van der Waals surface area contributed by atoms with Crippen LogP contribution in [0.4, 0.5) is 8.78 Å². The van der Waals surface area contributed by atoms with Gasteiger partial charge in [0.25, 0.3) is 6.43 Å². The first kappa shape index (κ1) is 13.1. The average Bonchev–Trinajstić information content (AvgIpc) is 2.70. The summed E-state index contributed by atoms with van der Waals surface area (Å²) < 4.78 is 25.7. The number of nitrogens with two attached hydrogens (primary N) is 1. The second kappa shape index (κ2) is 5.53. The zero-order chi connectivity index (χ0) is 13.1. The van der Waals surface area contributed by atoms with E-state index >= 15 is 0 Å². The van der Waals surface area contributed by atoms with E-state index in [1.807, 2.05) is 18.2 Å². The van der Waals surface area contributed by atoms with Gasteiger partial charge in [0, 0.05) is 10.8 Å². The van der Waals surface area contributed by atoms with E-state index in [0.717, 1.165) is 10.2 Å². The van der Waals surface area contributed by atoms with Gasteiger partial charge in [-0.25, -0.2) is 13.5 Å². The van der Waals surface area contributed by atoms with Gasteiger partial charge in [-0.2, -0.15) is 0 Å². The van der Waals surface area contributed by atoms with Crippen molar-refractivity contribution in [1.29, 1.82) is 0 Å². The molecule has 1 heterocycles. The smallest absolute Gasteiger partial charge is 0.299 e. The molecule has 1 aromatic carbocycles. The lowest BCUT2D eigenvalue weighted by Gasteiger charge is -2.04. The molecule has 2 N–H and O–H groups in total. The third-order valence-corrected chi connectivity index (χ3v) is 3.56. The van der Waals surface area contributed by atoms with Crippen molar-refractivity contribution >= 4 is 23.4 Å². The van der Waals surface area contributed by atoms with Crippen molar-refractivity contribution in [1.82, 2.24) is 14.9 Å². The standard InChI is InChI=1S/C10H9ClF2N4S/c11-7-4-2-1-3-6(7)5-18-10-16-15-9(8(12)13)17(10)14/h1-4,8H,5,14H2. The van der Waals surface area contributed by atoms with E-state index in [-0.39, 0.29) is 5.16 Å². The second-order valence-electron chi connectivity index (χ2n) is 3.39. The first-order valence-corrected chi connectivity index (χ1v) is 6.30. The summed E-state index contributed by atoms with van der Waals surface area (Å²) in [5.74, 6) is 5.40. The molecule has 0 radical (unpaired) electrons. The zero-order valence-electron chi connectivity index (χ0n) is 9.05. The van der Waals surface area contributed by atoms with Gasteiger partial charge in [-0.3, -0.25) is 0 Å². The number of hydrogen-bond acceptors (Lipinski definition) is 4. The SMILES string of the molecule is Nn1c(SCc2ccccc2Cl)nnc1C(F)F. The molecule has 0 aliphatic heterocycles. The summed E-state index contributed by atoms with van der Waals surface area (Å²) in [6.45, 7) is 0. The summed E-state index contributed by atoms with van der Waals surface area (Å²) in [5.41, 5.74) is 0.880. The fourth-order valence-corrected chi connectivity index (χ4v) is 2.44. The normalized spacial score (nSPS) is 11.1. The molecule has 2 rings (SSSR count). The van der Waals surface area contributed by atoms with Gasteiger partial charge in [-0.15, -0.1) is 10.2 Å². The number of rotatable bonds is 4. The van der Waals surface area contributed by atoms with Gasteiger partial charge in [-0.05, 0) is 11.6 Å². The molecule has 0 unspecified atom stereocenters. The molecule has 2 aromatic rings. The third kappa shape index (κ3) is 2.73. The Bertz CT molecular complexity index is 546. The Hall–Kier alpha value is -1.34. The van der Waals surface area contributed by atoms with Gasteiger partial charge in [0.1, 0.15) is 0 Å². The van der Waals surface area contributed by atoms with Crippen molar-refractivity contribution in [3.8, 4) is 0 Å². The molecule has 0 aliphatic carbocycles. The van der Waals surface area contributed by atoms with E-state index < -0.39 is 12.2 Å². The second-order valence-corrected chi connectivity index (χ2v) is 4.74. The van der Waals surface area contributed by atoms with E-state index in [4.69, 9.17) is 17.4 Å². The summed E-state index contributed by atoms with van der Waals surface area (Å²) in [5, 5.41) is 7.78. The molecule has 0 bridgehead atoms. The van der Waals surface area contributed by atoms with Gasteiger partial charge in [-0.1, -0.05) is 41.6 Å². The maximum Gasteiger partial charge on any atom is 0.299 e. The Kier molecular flexibility index (Phi) is 4.03. The molecular formula is C10H9ClF2N4S. The maximum atomic E-state index is 12.4. The van der Waals surface area contributed by atoms with Crippen LogP contribution in [0.1, 0.15) is 17.8 Å². The fraction of sp³-hybridized carbons (Fsp3) is 0.200. The van der Waals surface area contributed by atoms with Crippen LogP contribution in [0, 0.1) is 0 Å². The Morgan fingerprint density at radius 2 is 2.06 bits per heavy atom. The molecule has 1 aromatic heterocycles. The predicted octanol–water partition coefficient (Wildman–Crippen LogP) is 2.88. The lowest BCUT2D eigenvalue weighted by atomic mass is 10.2. The number of nitrogen functional groups attached to an aromatic ring is 1. The van der Waals surface area contributed by atoms with Crippen LogP contribution in [-0.2, 0) is 5.75 Å². The first-order chi connectivity index (χ1) is 8.59. The number of nitrogens with zero attached hydrogens (tertiary/aromatic N) is 3. The number of thioether (sulfide) groups is 1. The Morgan fingerprint density at radius 3 is 2.67 bits per heavy atom. The molecule has 0 spiro atoms. The van der Waals surface area contributed by atoms with Crippen molar-refractivity contribution < 1.29 is 8.78 Å². The van der Waals surface area contributed by atoms with Crippen LogP contribution in [0.3, 0.4) is 0 Å². The lowest BCUT2D eigenvalue weighted by molar-refractivity contribution is 0.136. The fourth-order valence-electron chi connectivity index (χ4n) is 1.29. The number of alkyl halides is 2. The minimum atomic E-state index is -2.74. The van der Waals surface area contributed by atoms with E-state index in [2.05, 4.69) is 10.2 Å². The number of halogens is 3. The van der Waals surface area contributed by atoms with Gasteiger partial charge in [0.2, 0.25) is 11.0 Å². The van der Waals surface area contributed by atoms with Gasteiger partial charge in [0.15, 0.2) is 0 Å². The molecule has 0 saturated heterocycles. The van der Waals surface area contributed by atoms with Crippen LogP contribution < -0.4 is 5.84 Å². The Labute approximate surface area is 111 Å². The molecule has 0 fully saturated rings. The van der Waals surface area contributed by atoms with Crippen LogP contribution in [0.15, 0.2) is 29.4 Å². The summed E-state index contributed by atoms with van der Waals surface area (Å²) in [7, 11) is 0. The molecule has 0 atom stereocenters. The van der Waals surface area contributed by atoms with Gasteiger partial charge in [0.05, 0.1) is 0 Å². The van der Waals surface area contributed by atoms with E-state index in [0.29, 0.717) is 10.8 Å². The van der Waals surface area contributed by atoms with Crippen molar-refractivity contribution in [3.63, 3.8) is 0 Å². The van der Waals surface area contributed by atoms with Crippen LogP contribution >= 0.6 is 23.4 Å². The van der Waals surface area contributed by atoms with Crippen molar-refractivity contribution in [2.24, 2.45) is 0 Å². The highest BCUT2D eigenvalue weighted by Crippen LogP contribution is 2.26. The number of aromatic nitrogens is 3. The van der Waals surface area contributed by atoms with E-state index in [9.17, 15) is 8.78 Å². The van der Waals surface area contributed by atoms with E-state index in [1.54, 1.807) is 6.07 Å². The third-order valence-electron chi connectivity index (χ3n) is 2.20. The predicted molar refractivity (Wildman–Crippen MR) is 66.1 cm³/mol. The van der Waals surface area contributed by atoms with E-state index in [1.165, 1.54) is 11.8 Å². The molecule has 4 nitrogen and oxygen atoms in total. The Morgan fingerprint density at radius 1 is 1.33 bits per heavy atom. The number of hydrogen-bond donors (Lipinski definition) is 1. The van der Waals surface area contributed by atoms with Crippen LogP contribution in [-0.4, -0.2) is 14.9 Å². The highest BCUT2D eigenvalue weighted by Gasteiger charge is 2.18. The molecule has 18 heavy (non-hydrogen) atoms.